The van der Waals surface area contributed by atoms with Gasteiger partial charge in [-0.1, -0.05) is 24.3 Å². The summed E-state index contributed by atoms with van der Waals surface area (Å²) in [5.41, 5.74) is -5.19. The molecule has 1 aromatic carbocycles. The molecule has 0 atom stereocenters. The van der Waals surface area contributed by atoms with Gasteiger partial charge in [0.25, 0.3) is 0 Å². The molecule has 0 saturated carbocycles. The van der Waals surface area contributed by atoms with E-state index in [1.165, 1.54) is 6.07 Å². The van der Waals surface area contributed by atoms with E-state index in [0.29, 0.717) is 17.5 Å². The van der Waals surface area contributed by atoms with E-state index in [1.54, 1.807) is 39.0 Å². The van der Waals surface area contributed by atoms with Crippen LogP contribution in [0.1, 0.15) is 38.3 Å². The van der Waals surface area contributed by atoms with Crippen LogP contribution < -0.4 is 0 Å². The highest BCUT2D eigenvalue weighted by atomic mass is 32.2. The smallest absolute Gasteiger partial charge is 0.489 e. The molecular formula is C15H17F3O4S. The van der Waals surface area contributed by atoms with Crippen LogP contribution in [0.15, 0.2) is 30.0 Å². The predicted octanol–water partition coefficient (Wildman–Crippen LogP) is 3.98. The number of hydrogen-bond acceptors (Lipinski definition) is 4. The van der Waals surface area contributed by atoms with Gasteiger partial charge in [0.1, 0.15) is 11.4 Å². The maximum absolute atomic E-state index is 12.7. The minimum absolute atomic E-state index is 0.101. The van der Waals surface area contributed by atoms with Gasteiger partial charge in [0.05, 0.1) is 0 Å². The lowest BCUT2D eigenvalue weighted by Gasteiger charge is -2.29. The number of allylic oxidation sites excluding steroid dienone is 1. The molecule has 1 aliphatic carbocycles. The monoisotopic (exact) mass is 350 g/mol. The van der Waals surface area contributed by atoms with Gasteiger partial charge in [-0.3, -0.25) is 0 Å². The fraction of sp³-hybridized carbons (Fsp3) is 0.467. The zero-order valence-electron chi connectivity index (χ0n) is 12.9. The maximum Gasteiger partial charge on any atom is 0.534 e. The van der Waals surface area contributed by atoms with E-state index in [0.717, 1.165) is 0 Å². The van der Waals surface area contributed by atoms with Crippen LogP contribution in [0.25, 0.3) is 5.76 Å². The number of halogens is 3. The molecule has 0 bridgehead atoms. The number of aryl methyl sites for hydroxylation is 1. The van der Waals surface area contributed by atoms with Gasteiger partial charge in [-0.15, -0.1) is 0 Å². The Kier molecular flexibility index (Phi) is 4.40. The summed E-state index contributed by atoms with van der Waals surface area (Å²) in [6.07, 6.45) is 0.789. The molecule has 0 saturated heterocycles. The molecule has 0 fully saturated rings. The molecule has 1 aliphatic rings. The molecule has 1 aromatic rings. The minimum Gasteiger partial charge on any atom is -0.489 e. The van der Waals surface area contributed by atoms with E-state index in [-0.39, 0.29) is 17.9 Å². The summed E-state index contributed by atoms with van der Waals surface area (Å²) in [6.45, 7) is 5.16. The molecule has 0 aromatic heterocycles. The van der Waals surface area contributed by atoms with E-state index < -0.39 is 21.2 Å². The van der Waals surface area contributed by atoms with Crippen molar-refractivity contribution in [1.29, 1.82) is 0 Å². The van der Waals surface area contributed by atoms with Gasteiger partial charge >= 0.3 is 15.6 Å². The van der Waals surface area contributed by atoms with E-state index >= 15 is 0 Å². The number of alkyl halides is 3. The quantitative estimate of drug-likeness (QED) is 0.611. The van der Waals surface area contributed by atoms with E-state index in [9.17, 15) is 21.6 Å². The highest BCUT2D eigenvalue weighted by Crippen LogP contribution is 2.38. The number of hydrogen-bond donors (Lipinski definition) is 0. The molecule has 23 heavy (non-hydrogen) atoms. The van der Waals surface area contributed by atoms with Crippen LogP contribution in [0.3, 0.4) is 0 Å². The van der Waals surface area contributed by atoms with E-state index in [4.69, 9.17) is 4.74 Å². The van der Waals surface area contributed by atoms with Gasteiger partial charge in [-0.25, -0.2) is 0 Å². The minimum atomic E-state index is -5.77. The van der Waals surface area contributed by atoms with Crippen molar-refractivity contribution in [3.05, 3.63) is 41.2 Å². The topological polar surface area (TPSA) is 52.6 Å². The van der Waals surface area contributed by atoms with Crippen LogP contribution in [0.2, 0.25) is 0 Å². The van der Waals surface area contributed by atoms with Crippen molar-refractivity contribution in [3.8, 4) is 0 Å². The summed E-state index contributed by atoms with van der Waals surface area (Å²) < 4.78 is 70.8. The van der Waals surface area contributed by atoms with Crippen LogP contribution in [-0.4, -0.2) is 19.5 Å². The van der Waals surface area contributed by atoms with Crippen LogP contribution >= 0.6 is 0 Å². The van der Waals surface area contributed by atoms with Gasteiger partial charge in [-0.2, -0.15) is 21.6 Å². The molecule has 0 spiro atoms. The molecule has 0 unspecified atom stereocenters. The summed E-state index contributed by atoms with van der Waals surface area (Å²) in [6, 6.07) is 6.56. The zero-order valence-corrected chi connectivity index (χ0v) is 13.7. The van der Waals surface area contributed by atoms with Crippen molar-refractivity contribution in [1.82, 2.24) is 0 Å². The van der Waals surface area contributed by atoms with Crippen molar-refractivity contribution >= 4 is 15.9 Å². The first kappa shape index (κ1) is 17.7. The lowest BCUT2D eigenvalue weighted by molar-refractivity contribution is -0.0512. The van der Waals surface area contributed by atoms with Crippen LogP contribution in [0, 0.1) is 0 Å². The Morgan fingerprint density at radius 2 is 1.65 bits per heavy atom. The second-order valence-corrected chi connectivity index (χ2v) is 7.64. The second-order valence-electron chi connectivity index (χ2n) is 6.11. The molecular weight excluding hydrogens is 333 g/mol. The predicted molar refractivity (Wildman–Crippen MR) is 78.6 cm³/mol. The first-order valence-electron chi connectivity index (χ1n) is 6.92. The van der Waals surface area contributed by atoms with E-state index in [2.05, 4.69) is 4.18 Å². The molecule has 4 nitrogen and oxygen atoms in total. The maximum atomic E-state index is 12.7. The van der Waals surface area contributed by atoms with Gasteiger partial charge in [0.2, 0.25) is 0 Å². The fourth-order valence-electron chi connectivity index (χ4n) is 2.19. The third kappa shape index (κ3) is 3.99. The summed E-state index contributed by atoms with van der Waals surface area (Å²) in [5.74, 6) is -0.289. The zero-order chi connectivity index (χ0) is 17.5. The van der Waals surface area contributed by atoms with Gasteiger partial charge in [0.15, 0.2) is 5.76 Å². The number of fused-ring (bicyclic) bond motifs is 1. The first-order chi connectivity index (χ1) is 10.4. The van der Waals surface area contributed by atoms with Gasteiger partial charge in [0, 0.05) is 12.0 Å². The van der Waals surface area contributed by atoms with Crippen LogP contribution in [-0.2, 0) is 25.5 Å². The Bertz CT molecular complexity index is 728. The summed E-state index contributed by atoms with van der Waals surface area (Å²) >= 11 is 0. The van der Waals surface area contributed by atoms with E-state index in [1.807, 2.05) is 0 Å². The Morgan fingerprint density at radius 1 is 1.04 bits per heavy atom. The molecule has 128 valence electrons. The highest BCUT2D eigenvalue weighted by Gasteiger charge is 2.49. The summed E-state index contributed by atoms with van der Waals surface area (Å²) in [5, 5.41) is 0. The third-order valence-electron chi connectivity index (χ3n) is 3.04. The molecule has 0 heterocycles. The van der Waals surface area contributed by atoms with Crippen molar-refractivity contribution in [3.63, 3.8) is 0 Å². The Labute approximate surface area is 133 Å². The van der Waals surface area contributed by atoms with Gasteiger partial charge in [-0.05, 0) is 32.8 Å². The first-order valence-corrected chi connectivity index (χ1v) is 8.33. The third-order valence-corrected chi connectivity index (χ3v) is 4.00. The highest BCUT2D eigenvalue weighted by molar-refractivity contribution is 7.87. The Hall–Kier alpha value is -1.70. The molecule has 2 rings (SSSR count). The van der Waals surface area contributed by atoms with Crippen molar-refractivity contribution in [2.45, 2.75) is 44.7 Å². The Balaban J connectivity index is 2.54. The lowest BCUT2D eigenvalue weighted by Crippen LogP contribution is -2.27. The van der Waals surface area contributed by atoms with Crippen molar-refractivity contribution < 1.29 is 30.5 Å². The molecule has 0 aliphatic heterocycles. The number of benzene rings is 1. The van der Waals surface area contributed by atoms with Crippen LogP contribution in [0.5, 0.6) is 0 Å². The molecule has 0 amide bonds. The van der Waals surface area contributed by atoms with Gasteiger partial charge < -0.3 is 8.92 Å². The lowest BCUT2D eigenvalue weighted by atomic mass is 9.94. The Morgan fingerprint density at radius 3 is 2.22 bits per heavy atom. The average Bonchev–Trinajstić information content (AvgIpc) is 2.38. The largest absolute Gasteiger partial charge is 0.534 e. The normalized spacial score (nSPS) is 16.1. The SMILES string of the molecule is CC(C)(C)OC1=C(OS(=O)(=O)C(F)(F)F)c2ccccc2CC1. The number of ether oxygens (including phenoxy) is 1. The second kappa shape index (κ2) is 5.74. The summed E-state index contributed by atoms with van der Waals surface area (Å²) in [7, 11) is -5.77. The molecule has 0 radical (unpaired) electrons. The van der Waals surface area contributed by atoms with Crippen molar-refractivity contribution in [2.75, 3.05) is 0 Å². The standard InChI is InChI=1S/C15H17F3O4S/c1-14(2,3)21-12-9-8-10-6-4-5-7-11(10)13(12)22-23(19,20)15(16,17)18/h4-7H,8-9H2,1-3H3. The fourth-order valence-corrected chi connectivity index (χ4v) is 2.68. The van der Waals surface area contributed by atoms with Crippen LogP contribution in [0.4, 0.5) is 13.2 Å². The van der Waals surface area contributed by atoms with Crippen molar-refractivity contribution in [2.24, 2.45) is 0 Å². The molecule has 0 N–H and O–H groups in total. The summed E-state index contributed by atoms with van der Waals surface area (Å²) in [4.78, 5) is 0. The average molecular weight is 350 g/mol. The molecule has 8 heteroatoms. The number of rotatable bonds is 3.